The molecule has 0 fully saturated rings. The summed E-state index contributed by atoms with van der Waals surface area (Å²) < 4.78 is 66.6. The molecule has 0 saturated heterocycles. The molecule has 0 aromatic heterocycles. The molecule has 1 aliphatic heterocycles. The lowest BCUT2D eigenvalue weighted by atomic mass is 10.0. The van der Waals surface area contributed by atoms with Crippen molar-refractivity contribution in [3.05, 3.63) is 53.1 Å². The molecule has 0 unspecified atom stereocenters. The Balaban J connectivity index is 1.69. The second kappa shape index (κ2) is 11.5. The molecular formula is C24H28ClF3N4O3S. The third kappa shape index (κ3) is 7.36. The zero-order valence-corrected chi connectivity index (χ0v) is 21.4. The van der Waals surface area contributed by atoms with Crippen molar-refractivity contribution in [2.75, 3.05) is 17.2 Å². The van der Waals surface area contributed by atoms with Gasteiger partial charge in [0.25, 0.3) is 10.0 Å². The van der Waals surface area contributed by atoms with Gasteiger partial charge in [-0.3, -0.25) is 14.5 Å². The van der Waals surface area contributed by atoms with Crippen molar-refractivity contribution in [3.8, 4) is 0 Å². The maximum Gasteiger partial charge on any atom is 0.416 e. The summed E-state index contributed by atoms with van der Waals surface area (Å²) >= 11 is 6.02. The van der Waals surface area contributed by atoms with Crippen molar-refractivity contribution in [3.63, 3.8) is 0 Å². The number of amides is 1. The quantitative estimate of drug-likeness (QED) is 0.417. The van der Waals surface area contributed by atoms with Crippen LogP contribution in [0.4, 0.5) is 24.5 Å². The number of anilines is 2. The minimum atomic E-state index is -4.53. The first kappa shape index (κ1) is 27.8. The third-order valence-electron chi connectivity index (χ3n) is 5.62. The van der Waals surface area contributed by atoms with Crippen LogP contribution in [0.1, 0.15) is 45.1 Å². The molecule has 0 aliphatic carbocycles. The molecule has 3 rings (SSSR count). The van der Waals surface area contributed by atoms with E-state index in [1.165, 1.54) is 30.3 Å². The number of aliphatic imine (C=N–C) groups is 1. The van der Waals surface area contributed by atoms with Crippen LogP contribution in [0.3, 0.4) is 0 Å². The van der Waals surface area contributed by atoms with Gasteiger partial charge in [-0.1, -0.05) is 31.9 Å². The number of sulfonamides is 1. The molecule has 2 aromatic carbocycles. The van der Waals surface area contributed by atoms with Gasteiger partial charge in [0.1, 0.15) is 11.9 Å². The van der Waals surface area contributed by atoms with Crippen LogP contribution in [0.2, 0.25) is 5.02 Å². The highest BCUT2D eigenvalue weighted by Crippen LogP contribution is 2.34. The van der Waals surface area contributed by atoms with Crippen LogP contribution in [0, 0.1) is 5.92 Å². The molecule has 1 amide bonds. The Labute approximate surface area is 213 Å². The molecule has 3 N–H and O–H groups in total. The average Bonchev–Trinajstić information content (AvgIpc) is 3.05. The van der Waals surface area contributed by atoms with Crippen LogP contribution in [0.25, 0.3) is 0 Å². The van der Waals surface area contributed by atoms with Crippen molar-refractivity contribution in [2.45, 2.75) is 56.6 Å². The summed E-state index contributed by atoms with van der Waals surface area (Å²) in [6, 6.07) is 7.72. The number of carbonyl (C=O) groups is 1. The maximum atomic E-state index is 12.9. The summed E-state index contributed by atoms with van der Waals surface area (Å²) in [6.45, 7) is 4.13. The van der Waals surface area contributed by atoms with Crippen LogP contribution in [0.15, 0.2) is 52.4 Å². The van der Waals surface area contributed by atoms with E-state index in [9.17, 15) is 26.4 Å². The first-order valence-electron chi connectivity index (χ1n) is 11.5. The van der Waals surface area contributed by atoms with Gasteiger partial charge in [0.05, 0.1) is 21.2 Å². The van der Waals surface area contributed by atoms with Gasteiger partial charge < -0.3 is 10.6 Å². The van der Waals surface area contributed by atoms with E-state index in [-0.39, 0.29) is 21.5 Å². The molecule has 0 radical (unpaired) electrons. The smallest absolute Gasteiger partial charge is 0.372 e. The van der Waals surface area contributed by atoms with E-state index in [2.05, 4.69) is 20.3 Å². The van der Waals surface area contributed by atoms with Gasteiger partial charge in [-0.25, -0.2) is 8.42 Å². The van der Waals surface area contributed by atoms with Crippen LogP contribution < -0.4 is 15.4 Å². The lowest BCUT2D eigenvalue weighted by Gasteiger charge is -2.24. The Kier molecular flexibility index (Phi) is 8.89. The predicted molar refractivity (Wildman–Crippen MR) is 135 cm³/mol. The van der Waals surface area contributed by atoms with E-state index in [1.807, 2.05) is 0 Å². The van der Waals surface area contributed by atoms with Crippen molar-refractivity contribution in [2.24, 2.45) is 10.9 Å². The van der Waals surface area contributed by atoms with E-state index in [0.717, 1.165) is 31.4 Å². The molecule has 1 heterocycles. The van der Waals surface area contributed by atoms with Crippen LogP contribution in [-0.4, -0.2) is 32.7 Å². The summed E-state index contributed by atoms with van der Waals surface area (Å²) in [4.78, 5) is 17.2. The van der Waals surface area contributed by atoms with Crippen LogP contribution in [-0.2, 0) is 21.0 Å². The van der Waals surface area contributed by atoms with E-state index >= 15 is 0 Å². The fraction of sp³-hybridized carbons (Fsp3) is 0.417. The number of benzene rings is 2. The number of nitrogens with zero attached hydrogens (tertiary/aromatic N) is 1. The Morgan fingerprint density at radius 1 is 1.06 bits per heavy atom. The largest absolute Gasteiger partial charge is 0.416 e. The molecule has 12 heteroatoms. The highest BCUT2D eigenvalue weighted by molar-refractivity contribution is 7.90. The Hall–Kier alpha value is -2.79. The summed E-state index contributed by atoms with van der Waals surface area (Å²) in [6.07, 6.45) is -1.17. The predicted octanol–water partition coefficient (Wildman–Crippen LogP) is 5.68. The Morgan fingerprint density at radius 2 is 1.75 bits per heavy atom. The van der Waals surface area contributed by atoms with Gasteiger partial charge in [-0.2, -0.15) is 13.2 Å². The van der Waals surface area contributed by atoms with E-state index in [1.54, 1.807) is 13.8 Å². The average molecular weight is 545 g/mol. The number of rotatable bonds is 7. The zero-order valence-electron chi connectivity index (χ0n) is 19.8. The monoisotopic (exact) mass is 544 g/mol. The van der Waals surface area contributed by atoms with E-state index < -0.39 is 33.7 Å². The van der Waals surface area contributed by atoms with Gasteiger partial charge in [0.2, 0.25) is 5.91 Å². The summed E-state index contributed by atoms with van der Waals surface area (Å²) in [7, 11) is -3.81. The fourth-order valence-corrected chi connectivity index (χ4v) is 4.94. The molecule has 0 bridgehead atoms. The maximum absolute atomic E-state index is 12.9. The molecule has 36 heavy (non-hydrogen) atoms. The highest BCUT2D eigenvalue weighted by atomic mass is 35.5. The second-order valence-corrected chi connectivity index (χ2v) is 10.9. The van der Waals surface area contributed by atoms with Crippen molar-refractivity contribution < 1.29 is 26.4 Å². The molecule has 0 saturated carbocycles. The summed E-state index contributed by atoms with van der Waals surface area (Å²) in [5, 5.41) is 5.44. The summed E-state index contributed by atoms with van der Waals surface area (Å²) in [5.41, 5.74) is -0.344. The lowest BCUT2D eigenvalue weighted by Crippen LogP contribution is -2.39. The minimum Gasteiger partial charge on any atom is -0.372 e. The Bertz CT molecular complexity index is 1220. The number of halogens is 4. The standard InChI is InChI=1S/C24H28ClF3N4O3S/c1-15(2)22(31-20-12-7-16(14-19(20)25)24(26,27)28)23(33)30-17-8-10-18(11-9-17)36(34,35)32-21-6-4-3-5-13-29-21/h7-12,14-15,22,31H,3-6,13H2,1-2H3,(H,29,32)(H,30,33)/t22-/m0/s1. The fourth-order valence-electron chi connectivity index (χ4n) is 3.62. The van der Waals surface area contributed by atoms with Gasteiger partial charge in [-0.15, -0.1) is 0 Å². The number of alkyl halides is 3. The molecule has 7 nitrogen and oxygen atoms in total. The topological polar surface area (TPSA) is 99.7 Å². The number of amidine groups is 1. The third-order valence-corrected chi connectivity index (χ3v) is 7.33. The zero-order chi connectivity index (χ0) is 26.5. The SMILES string of the molecule is CC(C)[C@H](Nc1ccc(C(F)(F)F)cc1Cl)C(=O)Nc1ccc(S(=O)(=O)NC2=NCCCCC2)cc1. The second-order valence-electron chi connectivity index (χ2n) is 8.82. The van der Waals surface area contributed by atoms with Crippen molar-refractivity contribution in [1.29, 1.82) is 0 Å². The highest BCUT2D eigenvalue weighted by Gasteiger charge is 2.31. The van der Waals surface area contributed by atoms with Gasteiger partial charge >= 0.3 is 6.18 Å². The van der Waals surface area contributed by atoms with Gasteiger partial charge in [0, 0.05) is 18.7 Å². The molecular weight excluding hydrogens is 517 g/mol. The van der Waals surface area contributed by atoms with E-state index in [0.29, 0.717) is 24.5 Å². The Morgan fingerprint density at radius 3 is 2.36 bits per heavy atom. The van der Waals surface area contributed by atoms with Gasteiger partial charge in [-0.05, 0) is 61.2 Å². The lowest BCUT2D eigenvalue weighted by molar-refractivity contribution is -0.137. The van der Waals surface area contributed by atoms with Crippen molar-refractivity contribution >= 4 is 44.7 Å². The van der Waals surface area contributed by atoms with Crippen molar-refractivity contribution in [1.82, 2.24) is 4.72 Å². The first-order chi connectivity index (χ1) is 16.9. The van der Waals surface area contributed by atoms with Gasteiger partial charge in [0.15, 0.2) is 0 Å². The molecule has 196 valence electrons. The number of carbonyl (C=O) groups excluding carboxylic acids is 1. The van der Waals surface area contributed by atoms with E-state index in [4.69, 9.17) is 11.6 Å². The molecule has 2 aromatic rings. The number of nitrogens with one attached hydrogen (secondary N) is 3. The molecule has 1 aliphatic rings. The number of hydrogen-bond acceptors (Lipinski definition) is 5. The molecule has 0 spiro atoms. The molecule has 1 atom stereocenters. The first-order valence-corrected chi connectivity index (χ1v) is 13.3. The minimum absolute atomic E-state index is 0.0301. The van der Waals surface area contributed by atoms with Crippen LogP contribution in [0.5, 0.6) is 0 Å². The van der Waals surface area contributed by atoms with Crippen LogP contribution >= 0.6 is 11.6 Å². The summed E-state index contributed by atoms with van der Waals surface area (Å²) in [5.74, 6) is -0.257. The number of hydrogen-bond donors (Lipinski definition) is 3. The normalized spacial score (nSPS) is 15.6.